The molecule has 0 spiro atoms. The summed E-state index contributed by atoms with van der Waals surface area (Å²) >= 11 is 1.20. The van der Waals surface area contributed by atoms with Gasteiger partial charge >= 0.3 is 0 Å². The average molecular weight is 387 g/mol. The lowest BCUT2D eigenvalue weighted by atomic mass is 10.2. The minimum absolute atomic E-state index is 0.0158. The molecule has 0 saturated carbocycles. The second-order valence-corrected chi connectivity index (χ2v) is 6.66. The van der Waals surface area contributed by atoms with E-state index in [9.17, 15) is 4.79 Å². The van der Waals surface area contributed by atoms with Gasteiger partial charge in [-0.1, -0.05) is 17.8 Å². The highest BCUT2D eigenvalue weighted by Gasteiger charge is 2.18. The molecule has 2 aromatic heterocycles. The summed E-state index contributed by atoms with van der Waals surface area (Å²) in [7, 11) is 0. The fraction of sp³-hybridized carbons (Fsp3) is 0.278. The zero-order valence-electron chi connectivity index (χ0n) is 14.6. The van der Waals surface area contributed by atoms with Gasteiger partial charge in [-0.3, -0.25) is 4.79 Å². The number of aromatic nitrogens is 2. The number of hydrogen-bond acceptors (Lipinski definition) is 8. The van der Waals surface area contributed by atoms with Crippen LogP contribution in [0.25, 0.3) is 11.7 Å². The molecule has 0 bridgehead atoms. The minimum Gasteiger partial charge on any atom is -0.459 e. The van der Waals surface area contributed by atoms with E-state index in [1.807, 2.05) is 25.1 Å². The summed E-state index contributed by atoms with van der Waals surface area (Å²) in [6, 6.07) is 9.17. The monoisotopic (exact) mass is 387 g/mol. The van der Waals surface area contributed by atoms with Crippen molar-refractivity contribution in [1.82, 2.24) is 15.1 Å². The molecule has 0 atom stereocenters. The Morgan fingerprint density at radius 3 is 2.93 bits per heavy atom. The van der Waals surface area contributed by atoms with Crippen molar-refractivity contribution in [2.45, 2.75) is 18.7 Å². The fourth-order valence-electron chi connectivity index (χ4n) is 2.62. The van der Waals surface area contributed by atoms with Gasteiger partial charge in [0, 0.05) is 13.1 Å². The number of ether oxygens (including phenoxy) is 2. The first-order valence-corrected chi connectivity index (χ1v) is 9.38. The lowest BCUT2D eigenvalue weighted by Gasteiger charge is -2.20. The Kier molecular flexibility index (Phi) is 5.01. The van der Waals surface area contributed by atoms with Gasteiger partial charge in [0.15, 0.2) is 17.3 Å². The summed E-state index contributed by atoms with van der Waals surface area (Å²) in [4.78, 5) is 14.3. The lowest BCUT2D eigenvalue weighted by molar-refractivity contribution is -0.128. The molecule has 3 aromatic rings. The summed E-state index contributed by atoms with van der Waals surface area (Å²) < 4.78 is 21.4. The van der Waals surface area contributed by atoms with Gasteiger partial charge in [-0.2, -0.15) is 0 Å². The van der Waals surface area contributed by atoms with Crippen molar-refractivity contribution < 1.29 is 23.1 Å². The standard InChI is InChI=1S/C18H17N3O5S/c1-2-21(9-12-5-6-13-15(8-12)25-11-24-13)16(22)10-27-18-20-19-17(26-18)14-4-3-7-23-14/h3-8H,2,9-11H2,1H3. The van der Waals surface area contributed by atoms with E-state index in [1.54, 1.807) is 17.0 Å². The third-order valence-electron chi connectivity index (χ3n) is 4.00. The van der Waals surface area contributed by atoms with Gasteiger partial charge in [0.1, 0.15) is 0 Å². The number of carbonyl (C=O) groups is 1. The van der Waals surface area contributed by atoms with Crippen LogP contribution in [0.5, 0.6) is 11.5 Å². The number of nitrogens with zero attached hydrogens (tertiary/aromatic N) is 3. The molecule has 0 unspecified atom stereocenters. The van der Waals surface area contributed by atoms with Crippen molar-refractivity contribution in [3.05, 3.63) is 42.2 Å². The maximum Gasteiger partial charge on any atom is 0.284 e. The highest BCUT2D eigenvalue weighted by Crippen LogP contribution is 2.33. The maximum absolute atomic E-state index is 12.6. The molecule has 0 fully saturated rings. The second-order valence-electron chi connectivity index (χ2n) is 5.73. The molecule has 3 heterocycles. The van der Waals surface area contributed by atoms with Gasteiger partial charge < -0.3 is 23.2 Å². The molecule has 140 valence electrons. The van der Waals surface area contributed by atoms with Crippen LogP contribution in [0.15, 0.2) is 50.7 Å². The van der Waals surface area contributed by atoms with Crippen molar-refractivity contribution in [1.29, 1.82) is 0 Å². The number of furan rings is 1. The zero-order valence-corrected chi connectivity index (χ0v) is 15.4. The van der Waals surface area contributed by atoms with Gasteiger partial charge in [-0.15, -0.1) is 10.2 Å². The van der Waals surface area contributed by atoms with Crippen LogP contribution in [0.2, 0.25) is 0 Å². The largest absolute Gasteiger partial charge is 0.459 e. The first-order valence-electron chi connectivity index (χ1n) is 8.39. The molecule has 1 aliphatic rings. The smallest absolute Gasteiger partial charge is 0.284 e. The number of amides is 1. The molecule has 0 saturated heterocycles. The molecule has 1 aliphatic heterocycles. The fourth-order valence-corrected chi connectivity index (χ4v) is 3.28. The molecule has 1 aromatic carbocycles. The van der Waals surface area contributed by atoms with Crippen LogP contribution in [0.1, 0.15) is 12.5 Å². The molecule has 9 heteroatoms. The summed E-state index contributed by atoms with van der Waals surface area (Å²) in [5.74, 6) is 2.42. The lowest BCUT2D eigenvalue weighted by Crippen LogP contribution is -2.31. The van der Waals surface area contributed by atoms with Crippen molar-refractivity contribution in [3.8, 4) is 23.1 Å². The van der Waals surface area contributed by atoms with E-state index < -0.39 is 0 Å². The van der Waals surface area contributed by atoms with E-state index in [-0.39, 0.29) is 18.5 Å². The molecule has 0 N–H and O–H groups in total. The zero-order chi connectivity index (χ0) is 18.6. The molecule has 0 aliphatic carbocycles. The predicted octanol–water partition coefficient (Wildman–Crippen LogP) is 3.20. The van der Waals surface area contributed by atoms with Gasteiger partial charge in [-0.05, 0) is 36.8 Å². The Morgan fingerprint density at radius 2 is 2.11 bits per heavy atom. The van der Waals surface area contributed by atoms with E-state index in [0.717, 1.165) is 11.3 Å². The van der Waals surface area contributed by atoms with Crippen LogP contribution in [-0.2, 0) is 11.3 Å². The quantitative estimate of drug-likeness (QED) is 0.571. The summed E-state index contributed by atoms with van der Waals surface area (Å²) in [5.41, 5.74) is 0.984. The molecule has 27 heavy (non-hydrogen) atoms. The summed E-state index contributed by atoms with van der Waals surface area (Å²) in [6.45, 7) is 3.26. The molecule has 1 amide bonds. The SMILES string of the molecule is CCN(Cc1ccc2c(c1)OCO2)C(=O)CSc1nnc(-c2ccco2)o1. The predicted molar refractivity (Wildman–Crippen MR) is 96.4 cm³/mol. The highest BCUT2D eigenvalue weighted by molar-refractivity contribution is 7.99. The first-order chi connectivity index (χ1) is 13.2. The Bertz CT molecular complexity index is 925. The van der Waals surface area contributed by atoms with E-state index in [1.165, 1.54) is 18.0 Å². The number of hydrogen-bond donors (Lipinski definition) is 0. The third-order valence-corrected chi connectivity index (χ3v) is 4.81. The second kappa shape index (κ2) is 7.75. The molecule has 8 nitrogen and oxygen atoms in total. The van der Waals surface area contributed by atoms with E-state index in [0.29, 0.717) is 35.7 Å². The highest BCUT2D eigenvalue weighted by atomic mass is 32.2. The first kappa shape index (κ1) is 17.5. The van der Waals surface area contributed by atoms with Gasteiger partial charge in [0.2, 0.25) is 12.7 Å². The minimum atomic E-state index is -0.0158. The Labute approximate surface area is 159 Å². The molecular formula is C18H17N3O5S. The number of fused-ring (bicyclic) bond motifs is 1. The van der Waals surface area contributed by atoms with Crippen LogP contribution in [0.4, 0.5) is 0 Å². The van der Waals surface area contributed by atoms with Gasteiger partial charge in [0.05, 0.1) is 12.0 Å². The van der Waals surface area contributed by atoms with Crippen LogP contribution < -0.4 is 9.47 Å². The Morgan fingerprint density at radius 1 is 1.22 bits per heavy atom. The number of carbonyl (C=O) groups excluding carboxylic acids is 1. The third kappa shape index (κ3) is 3.92. The molecule has 4 rings (SSSR count). The maximum atomic E-state index is 12.6. The van der Waals surface area contributed by atoms with Gasteiger partial charge in [-0.25, -0.2) is 0 Å². The van der Waals surface area contributed by atoms with E-state index in [2.05, 4.69) is 10.2 Å². The average Bonchev–Trinajstić information content (AvgIpc) is 3.44. The Balaban J connectivity index is 1.35. The van der Waals surface area contributed by atoms with Crippen molar-refractivity contribution >= 4 is 17.7 Å². The topological polar surface area (TPSA) is 90.8 Å². The van der Waals surface area contributed by atoms with Gasteiger partial charge in [0.25, 0.3) is 11.1 Å². The van der Waals surface area contributed by atoms with Crippen molar-refractivity contribution in [2.24, 2.45) is 0 Å². The van der Waals surface area contributed by atoms with E-state index >= 15 is 0 Å². The molecule has 0 radical (unpaired) electrons. The number of benzene rings is 1. The summed E-state index contributed by atoms with van der Waals surface area (Å²) in [6.07, 6.45) is 1.53. The van der Waals surface area contributed by atoms with Crippen molar-refractivity contribution in [3.63, 3.8) is 0 Å². The van der Waals surface area contributed by atoms with Crippen LogP contribution in [0.3, 0.4) is 0 Å². The van der Waals surface area contributed by atoms with Crippen molar-refractivity contribution in [2.75, 3.05) is 19.1 Å². The molecular weight excluding hydrogens is 370 g/mol. The van der Waals surface area contributed by atoms with Crippen LogP contribution >= 0.6 is 11.8 Å². The Hall–Kier alpha value is -2.94. The number of rotatable bonds is 7. The van der Waals surface area contributed by atoms with Crippen LogP contribution in [0, 0.1) is 0 Å². The summed E-state index contributed by atoms with van der Waals surface area (Å²) in [5, 5.41) is 8.19. The number of thioether (sulfide) groups is 1. The normalized spacial score (nSPS) is 12.3. The van der Waals surface area contributed by atoms with E-state index in [4.69, 9.17) is 18.3 Å². The van der Waals surface area contributed by atoms with Crippen LogP contribution in [-0.4, -0.2) is 40.1 Å².